The number of hydrogen-bond acceptors (Lipinski definition) is 5. The molecule has 3 rings (SSSR count). The number of carbonyl (C=O) groups is 1. The Bertz CT molecular complexity index is 853. The molecule has 32 heavy (non-hydrogen) atoms. The van der Waals surface area contributed by atoms with Crippen molar-refractivity contribution in [3.05, 3.63) is 41.4 Å². The van der Waals surface area contributed by atoms with Crippen LogP contribution in [-0.4, -0.2) is 42.1 Å². The van der Waals surface area contributed by atoms with Crippen molar-refractivity contribution in [1.29, 1.82) is 0 Å². The Kier molecular flexibility index (Phi) is 7.22. The highest BCUT2D eigenvalue weighted by Gasteiger charge is 2.37. The van der Waals surface area contributed by atoms with Gasteiger partial charge >= 0.3 is 12.1 Å². The lowest BCUT2D eigenvalue weighted by Crippen LogP contribution is -2.41. The maximum absolute atomic E-state index is 13.1. The topological polar surface area (TPSA) is 54.5 Å². The molecule has 1 fully saturated rings. The van der Waals surface area contributed by atoms with Gasteiger partial charge in [-0.2, -0.15) is 13.2 Å². The standard InChI is InChI=1S/C24H34F3N3O2/c1-15(23(3,4)22(31)32-5)12-28-20-7-6-17(11-20)16(2)30-9-8-21-18(14-30)10-19(13-29-21)24(25,26)27/h10,13,15,17,20,28H,2,6-9,11-12,14H2,1,3-5H3. The lowest BCUT2D eigenvalue weighted by Gasteiger charge is -2.34. The molecule has 5 nitrogen and oxygen atoms in total. The zero-order valence-electron chi connectivity index (χ0n) is 19.4. The summed E-state index contributed by atoms with van der Waals surface area (Å²) in [5.74, 6) is 0.209. The third kappa shape index (κ3) is 5.27. The van der Waals surface area contributed by atoms with E-state index in [4.69, 9.17) is 4.74 Å². The lowest BCUT2D eigenvalue weighted by molar-refractivity contribution is -0.153. The molecule has 0 radical (unpaired) electrons. The van der Waals surface area contributed by atoms with E-state index >= 15 is 0 Å². The van der Waals surface area contributed by atoms with Gasteiger partial charge in [-0.3, -0.25) is 9.78 Å². The number of methoxy groups -OCH3 is 1. The monoisotopic (exact) mass is 453 g/mol. The summed E-state index contributed by atoms with van der Waals surface area (Å²) >= 11 is 0. The van der Waals surface area contributed by atoms with Crippen molar-refractivity contribution in [2.24, 2.45) is 17.3 Å². The fraction of sp³-hybridized carbons (Fsp3) is 0.667. The van der Waals surface area contributed by atoms with Crippen LogP contribution in [0.25, 0.3) is 0 Å². The number of ether oxygens (including phenoxy) is 1. The number of nitrogens with zero attached hydrogens (tertiary/aromatic N) is 2. The number of fused-ring (bicyclic) bond motifs is 1. The van der Waals surface area contributed by atoms with E-state index in [1.807, 2.05) is 20.8 Å². The number of carbonyl (C=O) groups excluding carboxylic acids is 1. The first-order valence-electron chi connectivity index (χ1n) is 11.2. The third-order valence-corrected chi connectivity index (χ3v) is 7.33. The maximum atomic E-state index is 13.1. The van der Waals surface area contributed by atoms with Crippen molar-refractivity contribution in [2.45, 2.75) is 65.2 Å². The summed E-state index contributed by atoms with van der Waals surface area (Å²) in [6.07, 6.45) is 0.119. The number of hydrogen-bond donors (Lipinski definition) is 1. The highest BCUT2D eigenvalue weighted by molar-refractivity contribution is 5.76. The maximum Gasteiger partial charge on any atom is 0.417 e. The van der Waals surface area contributed by atoms with Crippen molar-refractivity contribution in [3.8, 4) is 0 Å². The minimum Gasteiger partial charge on any atom is -0.469 e. The predicted octanol–water partition coefficient (Wildman–Crippen LogP) is 4.57. The first kappa shape index (κ1) is 24.6. The molecule has 2 aliphatic rings. The molecule has 1 aliphatic carbocycles. The minimum absolute atomic E-state index is 0.117. The third-order valence-electron chi connectivity index (χ3n) is 7.33. The van der Waals surface area contributed by atoms with Gasteiger partial charge in [-0.1, -0.05) is 13.5 Å². The first-order chi connectivity index (χ1) is 14.9. The second-order valence-corrected chi connectivity index (χ2v) is 9.72. The van der Waals surface area contributed by atoms with Gasteiger partial charge in [0, 0.05) is 43.1 Å². The number of nitrogens with one attached hydrogen (secondary N) is 1. The molecule has 1 N–H and O–H groups in total. The zero-order valence-corrected chi connectivity index (χ0v) is 19.4. The SMILES string of the molecule is C=C(C1CCC(NCC(C)C(C)(C)C(=O)OC)C1)N1CCc2ncc(C(F)(F)F)cc2C1. The second kappa shape index (κ2) is 9.41. The Labute approximate surface area is 188 Å². The van der Waals surface area contributed by atoms with Gasteiger partial charge < -0.3 is 15.0 Å². The summed E-state index contributed by atoms with van der Waals surface area (Å²) in [4.78, 5) is 18.2. The zero-order chi connectivity index (χ0) is 23.7. The molecule has 1 saturated carbocycles. The number of rotatable bonds is 7. The molecular weight excluding hydrogens is 419 g/mol. The minimum atomic E-state index is -4.38. The van der Waals surface area contributed by atoms with Crippen LogP contribution in [0.1, 0.15) is 56.9 Å². The fourth-order valence-electron chi connectivity index (χ4n) is 4.62. The van der Waals surface area contributed by atoms with Crippen molar-refractivity contribution >= 4 is 5.97 Å². The number of aromatic nitrogens is 1. The molecule has 0 aromatic carbocycles. The summed E-state index contributed by atoms with van der Waals surface area (Å²) < 4.78 is 44.1. The van der Waals surface area contributed by atoms with Gasteiger partial charge in [0.25, 0.3) is 0 Å². The molecular formula is C24H34F3N3O2. The van der Waals surface area contributed by atoms with E-state index in [9.17, 15) is 18.0 Å². The van der Waals surface area contributed by atoms with Gasteiger partial charge in [-0.25, -0.2) is 0 Å². The van der Waals surface area contributed by atoms with Crippen LogP contribution in [0.4, 0.5) is 13.2 Å². The lowest BCUT2D eigenvalue weighted by atomic mass is 9.80. The van der Waals surface area contributed by atoms with Crippen LogP contribution < -0.4 is 5.32 Å². The average molecular weight is 454 g/mol. The molecule has 1 aromatic rings. The van der Waals surface area contributed by atoms with Gasteiger partial charge in [-0.15, -0.1) is 0 Å². The summed E-state index contributed by atoms with van der Waals surface area (Å²) in [6.45, 7) is 12.0. The van der Waals surface area contributed by atoms with Crippen LogP contribution in [0.15, 0.2) is 24.5 Å². The first-order valence-corrected chi connectivity index (χ1v) is 11.2. The molecule has 1 aliphatic heterocycles. The summed E-state index contributed by atoms with van der Waals surface area (Å²) in [5, 5.41) is 3.59. The second-order valence-electron chi connectivity index (χ2n) is 9.72. The summed E-state index contributed by atoms with van der Waals surface area (Å²) in [5.41, 5.74) is 1.13. The van der Waals surface area contributed by atoms with E-state index in [2.05, 4.69) is 21.8 Å². The average Bonchev–Trinajstić information content (AvgIpc) is 3.23. The smallest absolute Gasteiger partial charge is 0.417 e. The highest BCUT2D eigenvalue weighted by Crippen LogP contribution is 2.36. The van der Waals surface area contributed by atoms with Crippen LogP contribution >= 0.6 is 0 Å². The molecule has 1 aromatic heterocycles. The van der Waals surface area contributed by atoms with Gasteiger partial charge in [0.2, 0.25) is 0 Å². The Balaban J connectivity index is 1.55. The van der Waals surface area contributed by atoms with Gasteiger partial charge in [0.05, 0.1) is 18.1 Å². The van der Waals surface area contributed by atoms with E-state index in [0.717, 1.165) is 49.9 Å². The normalized spacial score (nSPS) is 22.4. The molecule has 3 unspecified atom stereocenters. The molecule has 0 saturated heterocycles. The van der Waals surface area contributed by atoms with Crippen molar-refractivity contribution in [3.63, 3.8) is 0 Å². The molecule has 178 valence electrons. The van der Waals surface area contributed by atoms with Crippen LogP contribution in [0, 0.1) is 17.3 Å². The van der Waals surface area contributed by atoms with E-state index in [-0.39, 0.29) is 11.9 Å². The van der Waals surface area contributed by atoms with Crippen molar-refractivity contribution in [2.75, 3.05) is 20.2 Å². The van der Waals surface area contributed by atoms with Crippen LogP contribution in [0.2, 0.25) is 0 Å². The number of alkyl halides is 3. The Morgan fingerprint density at radius 1 is 1.38 bits per heavy atom. The predicted molar refractivity (Wildman–Crippen MR) is 117 cm³/mol. The van der Waals surface area contributed by atoms with Crippen molar-refractivity contribution in [1.82, 2.24) is 15.2 Å². The molecule has 8 heteroatoms. The van der Waals surface area contributed by atoms with E-state index in [0.29, 0.717) is 30.5 Å². The number of esters is 1. The largest absolute Gasteiger partial charge is 0.469 e. The Morgan fingerprint density at radius 3 is 2.75 bits per heavy atom. The van der Waals surface area contributed by atoms with Crippen LogP contribution in [0.5, 0.6) is 0 Å². The van der Waals surface area contributed by atoms with Crippen LogP contribution in [-0.2, 0) is 28.7 Å². The number of halogens is 3. The molecule has 0 spiro atoms. The highest BCUT2D eigenvalue weighted by atomic mass is 19.4. The summed E-state index contributed by atoms with van der Waals surface area (Å²) in [7, 11) is 1.41. The molecule has 3 atom stereocenters. The van der Waals surface area contributed by atoms with Gasteiger partial charge in [-0.05, 0) is 63.1 Å². The van der Waals surface area contributed by atoms with Crippen molar-refractivity contribution < 1.29 is 22.7 Å². The Morgan fingerprint density at radius 2 is 2.09 bits per heavy atom. The van der Waals surface area contributed by atoms with Crippen LogP contribution in [0.3, 0.4) is 0 Å². The van der Waals surface area contributed by atoms with Gasteiger partial charge in [0.15, 0.2) is 0 Å². The summed E-state index contributed by atoms with van der Waals surface area (Å²) in [6, 6.07) is 1.56. The van der Waals surface area contributed by atoms with E-state index in [1.54, 1.807) is 0 Å². The molecule has 0 bridgehead atoms. The fourth-order valence-corrected chi connectivity index (χ4v) is 4.62. The van der Waals surface area contributed by atoms with E-state index < -0.39 is 17.2 Å². The van der Waals surface area contributed by atoms with E-state index in [1.165, 1.54) is 13.2 Å². The Hall–Kier alpha value is -2.09. The molecule has 2 heterocycles. The quantitative estimate of drug-likeness (QED) is 0.613. The molecule has 0 amide bonds. The van der Waals surface area contributed by atoms with Gasteiger partial charge in [0.1, 0.15) is 0 Å². The number of allylic oxidation sites excluding steroid dienone is 1. The number of pyridine rings is 1.